The molecule has 0 radical (unpaired) electrons. The van der Waals surface area contributed by atoms with Crippen LogP contribution >= 0.6 is 0 Å². The van der Waals surface area contributed by atoms with Gasteiger partial charge in [0, 0.05) is 28.3 Å². The topological polar surface area (TPSA) is 29.4 Å². The summed E-state index contributed by atoms with van der Waals surface area (Å²) in [5.74, 6) is -2.98. The molecular formula is C45H29F4NO. The Bertz CT molecular complexity index is 2260. The lowest BCUT2D eigenvalue weighted by atomic mass is 9.78. The fourth-order valence-corrected chi connectivity index (χ4v) is 7.33. The molecule has 6 heteroatoms. The Morgan fingerprint density at radius 1 is 0.490 bits per heavy atom. The molecule has 0 aliphatic heterocycles. The van der Waals surface area contributed by atoms with E-state index in [-0.39, 0.29) is 11.5 Å². The first-order chi connectivity index (χ1) is 24.7. The fourth-order valence-electron chi connectivity index (χ4n) is 7.33. The van der Waals surface area contributed by atoms with E-state index in [4.69, 9.17) is 4.99 Å². The normalized spacial score (nSPS) is 13.2. The van der Waals surface area contributed by atoms with Crippen molar-refractivity contribution in [1.29, 1.82) is 0 Å². The molecule has 51 heavy (non-hydrogen) atoms. The predicted molar refractivity (Wildman–Crippen MR) is 193 cm³/mol. The number of rotatable bonds is 7. The van der Waals surface area contributed by atoms with E-state index in [0.29, 0.717) is 27.9 Å². The minimum atomic E-state index is -0.569. The molecule has 2 nitrogen and oxygen atoms in total. The van der Waals surface area contributed by atoms with Gasteiger partial charge >= 0.3 is 0 Å². The molecule has 7 aromatic carbocycles. The summed E-state index contributed by atoms with van der Waals surface area (Å²) in [4.78, 5) is 19.5. The van der Waals surface area contributed by atoms with E-state index >= 15 is 0 Å². The second-order valence-corrected chi connectivity index (χ2v) is 12.9. The second-order valence-electron chi connectivity index (χ2n) is 12.9. The highest BCUT2D eigenvalue weighted by molar-refractivity contribution is 6.59. The van der Waals surface area contributed by atoms with E-state index in [1.165, 1.54) is 48.5 Å². The predicted octanol–water partition coefficient (Wildman–Crippen LogP) is 11.4. The first-order valence-electron chi connectivity index (χ1n) is 16.6. The Hall–Kier alpha value is -6.14. The number of aryl methyl sites for hydroxylation is 1. The smallest absolute Gasteiger partial charge is 0.212 e. The largest absolute Gasteiger partial charge is 0.287 e. The molecule has 0 amide bonds. The third-order valence-electron chi connectivity index (χ3n) is 9.59. The van der Waals surface area contributed by atoms with Crippen LogP contribution in [-0.2, 0) is 0 Å². The molecule has 7 aromatic rings. The average molecular weight is 676 g/mol. The highest BCUT2D eigenvalue weighted by Crippen LogP contribution is 2.46. The third kappa shape index (κ3) is 5.93. The highest BCUT2D eigenvalue weighted by atomic mass is 19.1. The molecule has 0 bridgehead atoms. The molecule has 0 heterocycles. The van der Waals surface area contributed by atoms with Gasteiger partial charge in [0.1, 0.15) is 29.0 Å². The molecule has 0 N–H and O–H groups in total. The molecule has 0 spiro atoms. The van der Waals surface area contributed by atoms with Gasteiger partial charge < -0.3 is 0 Å². The van der Waals surface area contributed by atoms with E-state index < -0.39 is 35.1 Å². The van der Waals surface area contributed by atoms with Crippen LogP contribution in [0.2, 0.25) is 0 Å². The number of aliphatic imine (C=N–C) groups is 1. The number of hydrogen-bond donors (Lipinski definition) is 0. The van der Waals surface area contributed by atoms with Crippen LogP contribution in [0.3, 0.4) is 0 Å². The van der Waals surface area contributed by atoms with E-state index in [2.05, 4.69) is 0 Å². The van der Waals surface area contributed by atoms with Gasteiger partial charge in [-0.3, -0.25) is 4.79 Å². The maximum atomic E-state index is 14.3. The summed E-state index contributed by atoms with van der Waals surface area (Å²) in [7, 11) is 0. The molecule has 0 unspecified atom stereocenters. The molecule has 0 atom stereocenters. The van der Waals surface area contributed by atoms with Crippen LogP contribution in [0.4, 0.5) is 23.2 Å². The third-order valence-corrected chi connectivity index (χ3v) is 9.59. The summed E-state index contributed by atoms with van der Waals surface area (Å²) >= 11 is 0. The van der Waals surface area contributed by atoms with Gasteiger partial charge in [-0.15, -0.1) is 0 Å². The van der Waals surface area contributed by atoms with Gasteiger partial charge in [-0.2, -0.15) is 0 Å². The van der Waals surface area contributed by atoms with E-state index in [9.17, 15) is 22.4 Å². The summed E-state index contributed by atoms with van der Waals surface area (Å²) in [6.07, 6.45) is 0. The minimum absolute atomic E-state index is 0.223. The first-order valence-corrected chi connectivity index (χ1v) is 16.6. The molecule has 0 saturated carbocycles. The monoisotopic (exact) mass is 675 g/mol. The van der Waals surface area contributed by atoms with Crippen molar-refractivity contribution in [2.75, 3.05) is 0 Å². The van der Waals surface area contributed by atoms with E-state index in [1.54, 1.807) is 54.6 Å². The van der Waals surface area contributed by atoms with Crippen LogP contribution in [0, 0.1) is 30.2 Å². The molecular weight excluding hydrogens is 646 g/mol. The summed E-state index contributed by atoms with van der Waals surface area (Å²) in [6, 6.07) is 39.9. The van der Waals surface area contributed by atoms with Gasteiger partial charge in [0.05, 0.1) is 5.69 Å². The summed E-state index contributed by atoms with van der Waals surface area (Å²) in [5, 5.41) is 1.74. The highest BCUT2D eigenvalue weighted by Gasteiger charge is 2.32. The van der Waals surface area contributed by atoms with Crippen molar-refractivity contribution in [2.24, 2.45) is 4.99 Å². The Balaban J connectivity index is 1.48. The second kappa shape index (κ2) is 13.0. The van der Waals surface area contributed by atoms with Crippen molar-refractivity contribution in [3.05, 3.63) is 219 Å². The van der Waals surface area contributed by atoms with E-state index in [1.807, 2.05) is 49.4 Å². The molecule has 248 valence electrons. The zero-order chi connectivity index (χ0) is 35.2. The lowest BCUT2D eigenvalue weighted by molar-refractivity contribution is 0.107. The average Bonchev–Trinajstić information content (AvgIpc) is 3.41. The minimum Gasteiger partial charge on any atom is -0.287 e. The Labute approximate surface area is 292 Å². The summed E-state index contributed by atoms with van der Waals surface area (Å²) < 4.78 is 57.4. The first kappa shape index (κ1) is 32.1. The van der Waals surface area contributed by atoms with Crippen molar-refractivity contribution in [2.45, 2.75) is 18.8 Å². The molecule has 0 saturated heterocycles. The van der Waals surface area contributed by atoms with Crippen LogP contribution in [0.5, 0.6) is 0 Å². The lowest BCUT2D eigenvalue weighted by Gasteiger charge is -2.27. The van der Waals surface area contributed by atoms with Crippen molar-refractivity contribution < 1.29 is 22.4 Å². The SMILES string of the molecule is Cc1cc(C(c2ccc(F)cc2)c2ccc(F)cc2)c(N=C2C(=O)c3cccc4cccc2c34)c(C(c2ccc(F)cc2)c2ccc(F)cc2)c1. The number of benzene rings is 7. The standard InChI is InChI=1S/C45H29F4NO/c1-26-24-38(40(28-8-16-32(46)17-9-28)29-10-18-33(47)19-11-29)43(50-44-36-6-2-4-27-5-3-7-37(42(27)36)45(44)51)39(25-26)41(30-12-20-34(48)21-13-30)31-14-22-35(49)23-15-31/h2-25,40-41H,1H3. The fraction of sp³-hybridized carbons (Fsp3) is 0.0667. The number of Topliss-reactive ketones (excluding diaryl/α,β-unsaturated/α-hetero) is 1. The number of hydrogen-bond acceptors (Lipinski definition) is 2. The van der Waals surface area contributed by atoms with E-state index in [0.717, 1.165) is 38.6 Å². The maximum absolute atomic E-state index is 14.3. The number of ketones is 1. The van der Waals surface area contributed by atoms with Gasteiger partial charge in [0.2, 0.25) is 5.78 Å². The summed E-state index contributed by atoms with van der Waals surface area (Å²) in [5.41, 5.74) is 7.15. The number of halogens is 4. The van der Waals surface area contributed by atoms with Crippen LogP contribution in [0.15, 0.2) is 151 Å². The van der Waals surface area contributed by atoms with Crippen LogP contribution < -0.4 is 0 Å². The molecule has 0 aromatic heterocycles. The van der Waals surface area contributed by atoms with Crippen molar-refractivity contribution in [1.82, 2.24) is 0 Å². The maximum Gasteiger partial charge on any atom is 0.212 e. The zero-order valence-electron chi connectivity index (χ0n) is 27.4. The van der Waals surface area contributed by atoms with Crippen LogP contribution in [0.1, 0.15) is 66.7 Å². The molecule has 1 aliphatic carbocycles. The number of carbonyl (C=O) groups is 1. The van der Waals surface area contributed by atoms with Gasteiger partial charge in [0.15, 0.2) is 0 Å². The van der Waals surface area contributed by atoms with Crippen molar-refractivity contribution >= 4 is 28.0 Å². The van der Waals surface area contributed by atoms with Crippen molar-refractivity contribution in [3.63, 3.8) is 0 Å². The van der Waals surface area contributed by atoms with Crippen LogP contribution in [-0.4, -0.2) is 11.5 Å². The lowest BCUT2D eigenvalue weighted by Crippen LogP contribution is -2.13. The van der Waals surface area contributed by atoms with Crippen molar-refractivity contribution in [3.8, 4) is 0 Å². The van der Waals surface area contributed by atoms with Gasteiger partial charge in [-0.25, -0.2) is 22.6 Å². The molecule has 8 rings (SSSR count). The Morgan fingerprint density at radius 3 is 1.25 bits per heavy atom. The Kier molecular flexibility index (Phi) is 8.15. The summed E-state index contributed by atoms with van der Waals surface area (Å²) in [6.45, 7) is 1.94. The molecule has 1 aliphatic rings. The Morgan fingerprint density at radius 2 is 0.863 bits per heavy atom. The van der Waals surface area contributed by atoms with Gasteiger partial charge in [-0.1, -0.05) is 103 Å². The van der Waals surface area contributed by atoms with Gasteiger partial charge in [0.25, 0.3) is 0 Å². The van der Waals surface area contributed by atoms with Crippen LogP contribution in [0.25, 0.3) is 10.8 Å². The molecule has 0 fully saturated rings. The number of carbonyl (C=O) groups excluding carboxylic acids is 1. The van der Waals surface area contributed by atoms with Gasteiger partial charge in [-0.05, 0) is 94.2 Å². The quantitative estimate of drug-likeness (QED) is 0.122. The zero-order valence-corrected chi connectivity index (χ0v) is 27.4. The number of nitrogens with zero attached hydrogens (tertiary/aromatic N) is 1.